The van der Waals surface area contributed by atoms with Crippen molar-refractivity contribution in [3.63, 3.8) is 0 Å². The number of unbranched alkanes of at least 4 members (excludes halogenated alkanes) is 16. The molecule has 0 N–H and O–H groups in total. The molecule has 8 aromatic carbocycles. The molecule has 0 amide bonds. The molecule has 22 nitrogen and oxygen atoms in total. The summed E-state index contributed by atoms with van der Waals surface area (Å²) < 4.78 is 66.9. The van der Waals surface area contributed by atoms with Gasteiger partial charge in [-0.25, -0.2) is 28.8 Å². The predicted molar refractivity (Wildman–Crippen MR) is 489 cm³/mol. The van der Waals surface area contributed by atoms with Crippen molar-refractivity contribution in [3.05, 3.63) is 260 Å². The molecule has 10 rings (SSSR count). The van der Waals surface area contributed by atoms with E-state index in [9.17, 15) is 47.9 Å². The summed E-state index contributed by atoms with van der Waals surface area (Å²) in [7, 11) is 0. The molecule has 0 saturated heterocycles. The van der Waals surface area contributed by atoms with Gasteiger partial charge in [0.15, 0.2) is 0 Å². The fraction of sp³-hybridized carbons (Fsp3) is 0.392. The Bertz CT molecular complexity index is 5000. The van der Waals surface area contributed by atoms with Crippen molar-refractivity contribution in [2.75, 3.05) is 39.6 Å². The van der Waals surface area contributed by atoms with Crippen LogP contribution in [0.3, 0.4) is 0 Å². The molecule has 666 valence electrons. The fourth-order valence-electron chi connectivity index (χ4n) is 14.6. The van der Waals surface area contributed by atoms with Crippen LogP contribution in [0.15, 0.2) is 225 Å². The van der Waals surface area contributed by atoms with E-state index >= 15 is 0 Å². The van der Waals surface area contributed by atoms with Crippen LogP contribution in [0, 0.1) is 10.8 Å². The lowest BCUT2D eigenvalue weighted by Crippen LogP contribution is -2.32. The Morgan fingerprint density at radius 2 is 0.643 bits per heavy atom. The molecule has 2 aromatic heterocycles. The van der Waals surface area contributed by atoms with E-state index in [1.807, 2.05) is 113 Å². The van der Waals surface area contributed by atoms with Crippen LogP contribution < -0.4 is 39.7 Å². The van der Waals surface area contributed by atoms with Crippen LogP contribution in [0.5, 0.6) is 34.5 Å². The molecule has 0 aliphatic heterocycles. The third-order valence-corrected chi connectivity index (χ3v) is 23.2. The van der Waals surface area contributed by atoms with Crippen LogP contribution in [-0.2, 0) is 38.1 Å². The van der Waals surface area contributed by atoms with Crippen LogP contribution in [-0.4, -0.2) is 97.1 Å². The van der Waals surface area contributed by atoms with E-state index in [1.165, 1.54) is 24.3 Å². The third kappa shape index (κ3) is 30.4. The molecule has 126 heavy (non-hydrogen) atoms. The van der Waals surface area contributed by atoms with Gasteiger partial charge in [-0.2, -0.15) is 0 Å². The quantitative estimate of drug-likeness (QED) is 0.00854. The van der Waals surface area contributed by atoms with E-state index in [2.05, 4.69) is 31.9 Å². The summed E-state index contributed by atoms with van der Waals surface area (Å²) in [6, 6.07) is 59.5. The Kier molecular flexibility index (Phi) is 37.9. The summed E-state index contributed by atoms with van der Waals surface area (Å²) in [5.74, 6) is -2.17. The predicted octanol–water partition coefficient (Wildman–Crippen LogP) is 23.1. The fourth-order valence-corrected chi connectivity index (χ4v) is 15.8. The zero-order chi connectivity index (χ0) is 89.8. The largest absolute Gasteiger partial charge is 0.494 e. The average molecular weight is 1850 g/mol. The molecule has 0 bridgehead atoms. The Morgan fingerprint density at radius 3 is 0.976 bits per heavy atom. The highest BCUT2D eigenvalue weighted by atomic mass is 79.9. The standard InChI is InChI=1S/C102H112Br2O22/c1-7-115-93(107)85-61-75-45-55-83(65-89(75)125-95(85)109)121-91(105)73-41-47-79(48-42-73)117-57-29-19-15-11-9-13-17-21-31-59-119-97(111)87(103)63-77(69-33-25-23-26-34-69)67-101(3,4)99(113)123-81-51-37-71(38-52-81)72-39-53-82(54-40-72)124-100(114)102(5,6)68-78(70-35-27-24-28-36-70)64-88(104)98(112)120-60-32-22-18-14-10-12-16-20-30-58-118-80-49-43-74(44-50-80)92(106)122-84-56-46-76-62-86(94(108)116-8-2)96(110)126-90(76)66-84/h23-28,33-56,61-62,65-66,77-78,87-88H,7-22,29-32,57-60,63-64,67-68H2,1-6H3. The molecule has 0 aliphatic rings. The topological polar surface area (TPSA) is 289 Å². The van der Waals surface area contributed by atoms with Gasteiger partial charge in [-0.15, -0.1) is 0 Å². The highest BCUT2D eigenvalue weighted by Gasteiger charge is 2.38. The summed E-state index contributed by atoms with van der Waals surface area (Å²) in [6.07, 6.45) is 19.8. The van der Waals surface area contributed by atoms with Gasteiger partial charge in [0.2, 0.25) is 0 Å². The SMILES string of the molecule is CCOC(=O)c1cc2ccc(OC(=O)c3ccc(OCCCCCCCCCCCOC(=O)C(Br)CC(CC(C)(C)C(=O)Oc4ccc(-c5ccc(OC(=O)C(C)(C)CC(CC(Br)C(=O)OCCCCCCCCCCCOc6ccc(C(=O)Oc7ccc8cc(C(=O)OCC)c(=O)oc8c7)cc6)c6ccccc6)cc5)cc4)c4ccccc4)cc3)cc2oc1=O. The van der Waals surface area contributed by atoms with Gasteiger partial charge < -0.3 is 56.2 Å². The average Bonchev–Trinajstić information content (AvgIpc) is 0.805. The molecular formula is C102H112Br2O22. The highest BCUT2D eigenvalue weighted by Crippen LogP contribution is 2.41. The number of benzene rings is 8. The maximum Gasteiger partial charge on any atom is 0.351 e. The molecule has 0 aliphatic carbocycles. The molecule has 2 heterocycles. The van der Waals surface area contributed by atoms with Gasteiger partial charge in [-0.3, -0.25) is 19.2 Å². The highest BCUT2D eigenvalue weighted by molar-refractivity contribution is 9.10. The lowest BCUT2D eigenvalue weighted by atomic mass is 9.78. The van der Waals surface area contributed by atoms with E-state index in [-0.39, 0.29) is 70.8 Å². The molecule has 4 atom stereocenters. The zero-order valence-electron chi connectivity index (χ0n) is 72.5. The van der Waals surface area contributed by atoms with Gasteiger partial charge >= 0.3 is 59.0 Å². The van der Waals surface area contributed by atoms with Crippen LogP contribution in [0.25, 0.3) is 33.1 Å². The van der Waals surface area contributed by atoms with Crippen molar-refractivity contribution in [3.8, 4) is 45.6 Å². The van der Waals surface area contributed by atoms with E-state index in [0.29, 0.717) is 97.0 Å². The van der Waals surface area contributed by atoms with E-state index in [4.69, 9.17) is 56.2 Å². The van der Waals surface area contributed by atoms with Crippen LogP contribution in [0.1, 0.15) is 247 Å². The summed E-state index contributed by atoms with van der Waals surface area (Å²) in [4.78, 5) is 128. The van der Waals surface area contributed by atoms with E-state index < -0.39 is 67.6 Å². The first-order chi connectivity index (χ1) is 60.8. The Balaban J connectivity index is 0.555. The zero-order valence-corrected chi connectivity index (χ0v) is 75.6. The minimum Gasteiger partial charge on any atom is -0.494 e. The molecule has 24 heteroatoms. The van der Waals surface area contributed by atoms with Gasteiger partial charge in [0.05, 0.1) is 61.6 Å². The minimum absolute atomic E-state index is 0.116. The number of esters is 8. The van der Waals surface area contributed by atoms with Crippen LogP contribution in [0.4, 0.5) is 0 Å². The van der Waals surface area contributed by atoms with Crippen molar-refractivity contribution in [2.24, 2.45) is 10.8 Å². The normalized spacial score (nSPS) is 12.4. The summed E-state index contributed by atoms with van der Waals surface area (Å²) in [5.41, 5.74) is 0.669. The monoisotopic (exact) mass is 1850 g/mol. The summed E-state index contributed by atoms with van der Waals surface area (Å²) in [6.45, 7) is 12.7. The Morgan fingerprint density at radius 1 is 0.333 bits per heavy atom. The number of carbonyl (C=O) groups excluding carboxylic acids is 8. The number of ether oxygens (including phenoxy) is 10. The smallest absolute Gasteiger partial charge is 0.351 e. The Hall–Kier alpha value is -11.5. The van der Waals surface area contributed by atoms with Crippen molar-refractivity contribution in [1.82, 2.24) is 0 Å². The second-order valence-electron chi connectivity index (χ2n) is 32.6. The molecular weight excluding hydrogens is 1740 g/mol. The van der Waals surface area contributed by atoms with Crippen LogP contribution >= 0.6 is 31.9 Å². The first-order valence-electron chi connectivity index (χ1n) is 43.6. The van der Waals surface area contributed by atoms with E-state index in [1.54, 1.807) is 111 Å². The molecule has 4 unspecified atom stereocenters. The molecule has 10 aromatic rings. The lowest BCUT2D eigenvalue weighted by molar-refractivity contribution is -0.146. The summed E-state index contributed by atoms with van der Waals surface area (Å²) >= 11 is 7.28. The lowest BCUT2D eigenvalue weighted by Gasteiger charge is -2.29. The van der Waals surface area contributed by atoms with Crippen molar-refractivity contribution in [1.29, 1.82) is 0 Å². The number of carbonyl (C=O) groups is 8. The van der Waals surface area contributed by atoms with Gasteiger partial charge in [-0.05, 0) is 236 Å². The maximum atomic E-state index is 14.0. The minimum atomic E-state index is -0.941. The molecule has 0 radical (unpaired) electrons. The van der Waals surface area contributed by atoms with Gasteiger partial charge in [0.1, 0.15) is 66.4 Å². The second-order valence-corrected chi connectivity index (χ2v) is 34.8. The van der Waals surface area contributed by atoms with Crippen molar-refractivity contribution >= 4 is 102 Å². The second kappa shape index (κ2) is 49.4. The number of hydrogen-bond donors (Lipinski definition) is 0. The molecule has 0 saturated carbocycles. The Labute approximate surface area is 752 Å². The number of fused-ring (bicyclic) bond motifs is 2. The van der Waals surface area contributed by atoms with Crippen LogP contribution in [0.2, 0.25) is 0 Å². The third-order valence-electron chi connectivity index (χ3n) is 21.7. The summed E-state index contributed by atoms with van der Waals surface area (Å²) in [5, 5.41) is 0.948. The number of halogens is 2. The van der Waals surface area contributed by atoms with Gasteiger partial charge in [0, 0.05) is 22.9 Å². The van der Waals surface area contributed by atoms with Crippen molar-refractivity contribution in [2.45, 2.75) is 204 Å². The number of alkyl halides is 2. The molecule has 0 fully saturated rings. The first kappa shape index (κ1) is 96.7. The maximum absolute atomic E-state index is 14.0. The van der Waals surface area contributed by atoms with Crippen molar-refractivity contribution < 1.29 is 94.6 Å². The molecule has 0 spiro atoms. The van der Waals surface area contributed by atoms with Gasteiger partial charge in [-0.1, -0.05) is 207 Å². The van der Waals surface area contributed by atoms with E-state index in [0.717, 1.165) is 138 Å². The number of hydrogen-bond acceptors (Lipinski definition) is 22. The number of rotatable bonds is 51. The van der Waals surface area contributed by atoms with Gasteiger partial charge in [0.25, 0.3) is 0 Å². The first-order valence-corrected chi connectivity index (χ1v) is 45.4.